The van der Waals surface area contributed by atoms with Crippen molar-refractivity contribution in [3.05, 3.63) is 39.6 Å². The average Bonchev–Trinajstić information content (AvgIpc) is 3.27. The Balaban J connectivity index is 2.52. The van der Waals surface area contributed by atoms with Gasteiger partial charge in [-0.1, -0.05) is 0 Å². The molecule has 0 heterocycles. The first-order valence-electron chi connectivity index (χ1n) is 12.8. The molecular weight excluding hydrogens is 471 g/mol. The van der Waals surface area contributed by atoms with Crippen molar-refractivity contribution in [2.24, 2.45) is 5.92 Å². The normalized spacial score (nSPS) is 16.5. The van der Waals surface area contributed by atoms with Crippen LogP contribution >= 0.6 is 0 Å². The molecule has 0 amide bonds. The fourth-order valence-corrected chi connectivity index (χ4v) is 28.7. The van der Waals surface area contributed by atoms with Crippen LogP contribution in [0, 0.1) is 5.92 Å². The molecule has 0 N–H and O–H groups in total. The van der Waals surface area contributed by atoms with E-state index in [1.165, 1.54) is 64.2 Å². The topological polar surface area (TPSA) is 0 Å². The molecule has 2 rings (SSSR count). The monoisotopic (exact) mass is 520 g/mol. The number of benzene rings is 1. The summed E-state index contributed by atoms with van der Waals surface area (Å²) in [5.74, 6) is 0.901. The van der Waals surface area contributed by atoms with Crippen LogP contribution in [0.25, 0.3) is 0 Å². The molecule has 1 aromatic rings. The first-order chi connectivity index (χ1) is 14.0. The molecule has 164 valence electrons. The molecule has 0 atom stereocenters. The second kappa shape index (κ2) is 12.7. The fraction of sp³-hybridized carbons (Fsp3) is 0.704. The van der Waals surface area contributed by atoms with Crippen molar-refractivity contribution in [1.82, 2.24) is 0 Å². The Hall–Kier alpha value is -0.0244. The molecule has 0 bridgehead atoms. The fourth-order valence-electron chi connectivity index (χ4n) is 5.57. The maximum absolute atomic E-state index is 3.14. The van der Waals surface area contributed by atoms with Crippen LogP contribution in [0.3, 0.4) is 0 Å². The molecule has 29 heavy (non-hydrogen) atoms. The molecule has 2 heteroatoms. The summed E-state index contributed by atoms with van der Waals surface area (Å²) in [5.41, 5.74) is 0. The summed E-state index contributed by atoms with van der Waals surface area (Å²) >= 11 is -2.28. The Labute approximate surface area is 187 Å². The molecule has 0 unspecified atom stereocenters. The van der Waals surface area contributed by atoms with Crippen molar-refractivity contribution < 1.29 is 0 Å². The van der Waals surface area contributed by atoms with E-state index in [1.807, 2.05) is 5.20 Å². The Morgan fingerprint density at radius 3 is 1.79 bits per heavy atom. The maximum atomic E-state index is 3.14. The molecule has 0 aromatic heterocycles. The van der Waals surface area contributed by atoms with Gasteiger partial charge in [-0.2, -0.15) is 0 Å². The minimum absolute atomic E-state index is 0.901. The van der Waals surface area contributed by atoms with E-state index >= 15 is 0 Å². The third kappa shape index (κ3) is 7.26. The van der Waals surface area contributed by atoms with Crippen LogP contribution in [0.1, 0.15) is 85.0 Å². The minimum atomic E-state index is -2.28. The summed E-state index contributed by atoms with van der Waals surface area (Å²) in [7, 11) is -1.59. The second-order valence-electron chi connectivity index (χ2n) is 10.2. The van der Waals surface area contributed by atoms with Crippen LogP contribution in [-0.4, -0.2) is 26.5 Å². The number of allylic oxidation sites excluding steroid dienone is 1. The van der Waals surface area contributed by atoms with E-state index in [4.69, 9.17) is 0 Å². The van der Waals surface area contributed by atoms with Crippen molar-refractivity contribution in [2.45, 2.75) is 111 Å². The van der Waals surface area contributed by atoms with Gasteiger partial charge in [-0.3, -0.25) is 0 Å². The van der Waals surface area contributed by atoms with E-state index in [1.54, 1.807) is 18.5 Å². The predicted octanol–water partition coefficient (Wildman–Crippen LogP) is 8.65. The molecule has 0 saturated heterocycles. The van der Waals surface area contributed by atoms with Gasteiger partial charge in [0.1, 0.15) is 0 Å². The summed E-state index contributed by atoms with van der Waals surface area (Å²) < 4.78 is 7.98. The molecule has 1 saturated carbocycles. The van der Waals surface area contributed by atoms with Crippen LogP contribution in [0.4, 0.5) is 0 Å². The molecule has 0 radical (unpaired) electrons. The first-order valence-corrected chi connectivity index (χ1v) is 23.5. The van der Waals surface area contributed by atoms with E-state index < -0.39 is 26.5 Å². The van der Waals surface area contributed by atoms with Crippen LogP contribution in [-0.2, 0) is 0 Å². The molecule has 1 aromatic carbocycles. The van der Waals surface area contributed by atoms with Gasteiger partial charge in [0.05, 0.1) is 0 Å². The molecule has 1 aliphatic rings. The summed E-state index contributed by atoms with van der Waals surface area (Å²) in [5, 5.41) is 3.67. The van der Waals surface area contributed by atoms with Gasteiger partial charge in [-0.05, 0) is 0 Å². The van der Waals surface area contributed by atoms with Gasteiger partial charge in [-0.25, -0.2) is 0 Å². The Morgan fingerprint density at radius 2 is 1.34 bits per heavy atom. The van der Waals surface area contributed by atoms with E-state index in [-0.39, 0.29) is 0 Å². The number of rotatable bonds is 13. The quantitative estimate of drug-likeness (QED) is 0.229. The van der Waals surface area contributed by atoms with E-state index in [0.29, 0.717) is 0 Å². The van der Waals surface area contributed by atoms with Crippen molar-refractivity contribution in [3.63, 3.8) is 0 Å². The van der Waals surface area contributed by atoms with Gasteiger partial charge in [0.15, 0.2) is 0 Å². The van der Waals surface area contributed by atoms with Gasteiger partial charge in [0.25, 0.3) is 0 Å². The van der Waals surface area contributed by atoms with Gasteiger partial charge in [0, 0.05) is 0 Å². The van der Waals surface area contributed by atoms with Gasteiger partial charge in [0.2, 0.25) is 0 Å². The third-order valence-corrected chi connectivity index (χ3v) is 26.3. The van der Waals surface area contributed by atoms with Gasteiger partial charge in [-0.15, -0.1) is 0 Å². The summed E-state index contributed by atoms with van der Waals surface area (Å²) in [4.78, 5) is 0. The van der Waals surface area contributed by atoms with E-state index in [0.717, 1.165) is 5.92 Å². The molecule has 0 spiro atoms. The van der Waals surface area contributed by atoms with Crippen LogP contribution < -0.4 is 5.19 Å². The average molecular weight is 519 g/mol. The summed E-state index contributed by atoms with van der Waals surface area (Å²) in [6, 6.07) is 11.6. The Bertz CT molecular complexity index is 576. The second-order valence-corrected chi connectivity index (χ2v) is 27.5. The van der Waals surface area contributed by atoms with Crippen molar-refractivity contribution in [3.8, 4) is 0 Å². The van der Waals surface area contributed by atoms with Crippen LogP contribution in [0.2, 0.25) is 26.4 Å². The standard InChI is InChI=1S/C15H21Si.3C4H9.Sn/c1-13(14-9-7-8-10-14)16(2,3)15-11-5-4-6-12-15;3*1-3-4-2;/h1,4-6,11-12,14H,7-10H2,2-3H3;3*1,3-4H2,2H3;. The zero-order valence-corrected chi connectivity index (χ0v) is 24.1. The number of hydrogen-bond acceptors (Lipinski definition) is 0. The zero-order valence-electron chi connectivity index (χ0n) is 20.2. The van der Waals surface area contributed by atoms with E-state index in [9.17, 15) is 0 Å². The van der Waals surface area contributed by atoms with Gasteiger partial charge < -0.3 is 0 Å². The zero-order chi connectivity index (χ0) is 21.2. The Morgan fingerprint density at radius 1 is 0.862 bits per heavy atom. The van der Waals surface area contributed by atoms with Crippen LogP contribution in [0.5, 0.6) is 0 Å². The molecule has 1 fully saturated rings. The van der Waals surface area contributed by atoms with Crippen LogP contribution in [0.15, 0.2) is 39.6 Å². The summed E-state index contributed by atoms with van der Waals surface area (Å²) in [6.07, 6.45) is 14.4. The van der Waals surface area contributed by atoms with E-state index in [2.05, 4.69) is 68.3 Å². The van der Waals surface area contributed by atoms with Crippen molar-refractivity contribution in [1.29, 1.82) is 0 Å². The third-order valence-electron chi connectivity index (χ3n) is 7.56. The summed E-state index contributed by atoms with van der Waals surface area (Å²) in [6.45, 7) is 12.5. The van der Waals surface area contributed by atoms with Gasteiger partial charge >= 0.3 is 189 Å². The first kappa shape index (κ1) is 25.2. The molecule has 1 aliphatic carbocycles. The number of unbranched alkanes of at least 4 members (excludes halogenated alkanes) is 3. The van der Waals surface area contributed by atoms with Crippen molar-refractivity contribution in [2.75, 3.05) is 0 Å². The SMILES string of the molecule is CCC[CH2][Sn](/[CH]=C(/C1CCCC1)[Si](C)(C)c1ccccc1)([CH2]CCC)[CH2]CCC. The molecular formula is C27H48SiSn. The predicted molar refractivity (Wildman–Crippen MR) is 138 cm³/mol. The van der Waals surface area contributed by atoms with Crippen molar-refractivity contribution >= 4 is 31.6 Å². The molecule has 0 nitrogen and oxygen atoms in total. The molecule has 0 aliphatic heterocycles. The number of hydrogen-bond donors (Lipinski definition) is 0. The Kier molecular flexibility index (Phi) is 11.1.